The first-order valence-corrected chi connectivity index (χ1v) is 7.12. The molecule has 1 aliphatic rings. The van der Waals surface area contributed by atoms with Gasteiger partial charge in [0.1, 0.15) is 0 Å². The van der Waals surface area contributed by atoms with E-state index in [0.29, 0.717) is 0 Å². The van der Waals surface area contributed by atoms with Crippen LogP contribution in [0, 0.1) is 11.8 Å². The molecule has 0 spiro atoms. The molecule has 1 unspecified atom stereocenters. The summed E-state index contributed by atoms with van der Waals surface area (Å²) in [6, 6.07) is 0. The Labute approximate surface area is 106 Å². The first kappa shape index (κ1) is 14.5. The molecular formula is C15H26O2. The first-order chi connectivity index (χ1) is 8.43. The number of rotatable bonds is 7. The summed E-state index contributed by atoms with van der Waals surface area (Å²) in [6.07, 6.45) is 10.4. The maximum absolute atomic E-state index is 5.66. The molecular weight excluding hydrogens is 212 g/mol. The van der Waals surface area contributed by atoms with E-state index >= 15 is 0 Å². The Morgan fingerprint density at radius 3 is 2.65 bits per heavy atom. The monoisotopic (exact) mass is 238 g/mol. The van der Waals surface area contributed by atoms with Crippen LogP contribution in [-0.2, 0) is 9.47 Å². The van der Waals surface area contributed by atoms with Gasteiger partial charge in [0.05, 0.1) is 0 Å². The number of hydrogen-bond donors (Lipinski definition) is 0. The summed E-state index contributed by atoms with van der Waals surface area (Å²) in [5.41, 5.74) is 0. The maximum atomic E-state index is 5.66. The van der Waals surface area contributed by atoms with E-state index in [9.17, 15) is 0 Å². The van der Waals surface area contributed by atoms with E-state index in [0.717, 1.165) is 45.3 Å². The molecule has 0 aromatic rings. The standard InChI is InChI=1S/C15H26O2/c1-2-3-4-5-6-7-8-10-13-16-15-12-9-11-14-17-15/h15H,2-4,7-14H2,1H3. The van der Waals surface area contributed by atoms with Crippen molar-refractivity contribution in [3.05, 3.63) is 0 Å². The Hall–Kier alpha value is -0.520. The third-order valence-electron chi connectivity index (χ3n) is 2.92. The number of ether oxygens (including phenoxy) is 2. The predicted octanol–water partition coefficient (Wildman–Crippen LogP) is 3.89. The highest BCUT2D eigenvalue weighted by molar-refractivity contribution is 4.98. The van der Waals surface area contributed by atoms with Gasteiger partial charge in [-0.2, -0.15) is 0 Å². The zero-order valence-corrected chi connectivity index (χ0v) is 11.2. The zero-order chi connectivity index (χ0) is 12.2. The molecule has 17 heavy (non-hydrogen) atoms. The van der Waals surface area contributed by atoms with Gasteiger partial charge < -0.3 is 9.47 Å². The molecule has 0 N–H and O–H groups in total. The smallest absolute Gasteiger partial charge is 0.157 e. The van der Waals surface area contributed by atoms with Crippen LogP contribution in [0.1, 0.15) is 64.7 Å². The molecule has 0 aliphatic carbocycles. The van der Waals surface area contributed by atoms with Crippen LogP contribution in [0.15, 0.2) is 0 Å². The van der Waals surface area contributed by atoms with Crippen LogP contribution in [0.3, 0.4) is 0 Å². The highest BCUT2D eigenvalue weighted by atomic mass is 16.7. The fourth-order valence-corrected chi connectivity index (χ4v) is 1.81. The van der Waals surface area contributed by atoms with E-state index in [1.54, 1.807) is 0 Å². The topological polar surface area (TPSA) is 18.5 Å². The largest absolute Gasteiger partial charge is 0.353 e. The van der Waals surface area contributed by atoms with Gasteiger partial charge in [-0.3, -0.25) is 0 Å². The molecule has 1 heterocycles. The Morgan fingerprint density at radius 2 is 1.94 bits per heavy atom. The van der Waals surface area contributed by atoms with Crippen LogP contribution in [0.4, 0.5) is 0 Å². The van der Waals surface area contributed by atoms with Gasteiger partial charge in [0.25, 0.3) is 0 Å². The van der Waals surface area contributed by atoms with E-state index in [2.05, 4.69) is 18.8 Å². The molecule has 2 nitrogen and oxygen atoms in total. The van der Waals surface area contributed by atoms with Crippen molar-refractivity contribution < 1.29 is 9.47 Å². The van der Waals surface area contributed by atoms with Gasteiger partial charge in [0, 0.05) is 26.1 Å². The van der Waals surface area contributed by atoms with Crippen molar-refractivity contribution >= 4 is 0 Å². The molecule has 1 atom stereocenters. The van der Waals surface area contributed by atoms with Crippen LogP contribution >= 0.6 is 0 Å². The Bertz CT molecular complexity index is 221. The Morgan fingerprint density at radius 1 is 1.12 bits per heavy atom. The minimum Gasteiger partial charge on any atom is -0.353 e. The van der Waals surface area contributed by atoms with Crippen molar-refractivity contribution in [3.8, 4) is 11.8 Å². The van der Waals surface area contributed by atoms with E-state index in [1.165, 1.54) is 25.7 Å². The highest BCUT2D eigenvalue weighted by Gasteiger charge is 2.12. The van der Waals surface area contributed by atoms with Crippen LogP contribution in [-0.4, -0.2) is 19.5 Å². The lowest BCUT2D eigenvalue weighted by Gasteiger charge is -2.22. The van der Waals surface area contributed by atoms with Crippen molar-refractivity contribution in [2.24, 2.45) is 0 Å². The van der Waals surface area contributed by atoms with Crippen LogP contribution < -0.4 is 0 Å². The van der Waals surface area contributed by atoms with Crippen LogP contribution in [0.5, 0.6) is 0 Å². The number of hydrogen-bond acceptors (Lipinski definition) is 2. The summed E-state index contributed by atoms with van der Waals surface area (Å²) in [4.78, 5) is 0. The van der Waals surface area contributed by atoms with E-state index in [1.807, 2.05) is 0 Å². The molecule has 0 aromatic heterocycles. The second-order valence-corrected chi connectivity index (χ2v) is 4.58. The molecule has 0 saturated carbocycles. The minimum absolute atomic E-state index is 0.0689. The van der Waals surface area contributed by atoms with Gasteiger partial charge in [-0.1, -0.05) is 13.3 Å². The fraction of sp³-hybridized carbons (Fsp3) is 0.867. The van der Waals surface area contributed by atoms with Gasteiger partial charge in [-0.05, 0) is 38.5 Å². The van der Waals surface area contributed by atoms with Gasteiger partial charge in [0.15, 0.2) is 6.29 Å². The van der Waals surface area contributed by atoms with Gasteiger partial charge in [-0.25, -0.2) is 0 Å². The van der Waals surface area contributed by atoms with Crippen molar-refractivity contribution in [2.75, 3.05) is 13.2 Å². The Kier molecular flexibility index (Phi) is 9.09. The van der Waals surface area contributed by atoms with Crippen LogP contribution in [0.25, 0.3) is 0 Å². The molecule has 2 heteroatoms. The average Bonchev–Trinajstić information content (AvgIpc) is 2.38. The second kappa shape index (κ2) is 10.6. The first-order valence-electron chi connectivity index (χ1n) is 7.12. The molecule has 0 amide bonds. The molecule has 0 aromatic carbocycles. The quantitative estimate of drug-likeness (QED) is 0.495. The predicted molar refractivity (Wildman–Crippen MR) is 70.7 cm³/mol. The van der Waals surface area contributed by atoms with Crippen molar-refractivity contribution in [3.63, 3.8) is 0 Å². The summed E-state index contributed by atoms with van der Waals surface area (Å²) in [7, 11) is 0. The summed E-state index contributed by atoms with van der Waals surface area (Å²) < 4.78 is 11.2. The van der Waals surface area contributed by atoms with Gasteiger partial charge in [0.2, 0.25) is 0 Å². The normalized spacial score (nSPS) is 19.7. The summed E-state index contributed by atoms with van der Waals surface area (Å²) >= 11 is 0. The van der Waals surface area contributed by atoms with E-state index < -0.39 is 0 Å². The van der Waals surface area contributed by atoms with Crippen molar-refractivity contribution in [1.29, 1.82) is 0 Å². The minimum atomic E-state index is 0.0689. The van der Waals surface area contributed by atoms with Gasteiger partial charge in [-0.15, -0.1) is 11.8 Å². The fourth-order valence-electron chi connectivity index (χ4n) is 1.81. The third-order valence-corrected chi connectivity index (χ3v) is 2.92. The zero-order valence-electron chi connectivity index (χ0n) is 11.2. The molecule has 0 bridgehead atoms. The summed E-state index contributed by atoms with van der Waals surface area (Å²) in [5.74, 6) is 6.43. The summed E-state index contributed by atoms with van der Waals surface area (Å²) in [5, 5.41) is 0. The number of unbranched alkanes of at least 4 members (excludes halogenated alkanes) is 4. The molecule has 1 saturated heterocycles. The molecule has 1 aliphatic heterocycles. The van der Waals surface area contributed by atoms with Crippen molar-refractivity contribution in [1.82, 2.24) is 0 Å². The SMILES string of the molecule is CCCCC#CCCCCOC1CCCCO1. The van der Waals surface area contributed by atoms with E-state index in [-0.39, 0.29) is 6.29 Å². The second-order valence-electron chi connectivity index (χ2n) is 4.58. The lowest BCUT2D eigenvalue weighted by Crippen LogP contribution is -2.22. The molecule has 1 rings (SSSR count). The molecule has 1 fully saturated rings. The highest BCUT2D eigenvalue weighted by Crippen LogP contribution is 2.14. The lowest BCUT2D eigenvalue weighted by atomic mass is 10.2. The Balaban J connectivity index is 1.84. The maximum Gasteiger partial charge on any atom is 0.157 e. The van der Waals surface area contributed by atoms with E-state index in [4.69, 9.17) is 9.47 Å². The molecule has 98 valence electrons. The third kappa shape index (κ3) is 8.24. The molecule has 0 radical (unpaired) electrons. The van der Waals surface area contributed by atoms with Crippen molar-refractivity contribution in [2.45, 2.75) is 71.0 Å². The van der Waals surface area contributed by atoms with Gasteiger partial charge >= 0.3 is 0 Å². The van der Waals surface area contributed by atoms with Crippen LogP contribution in [0.2, 0.25) is 0 Å². The lowest BCUT2D eigenvalue weighted by molar-refractivity contribution is -0.162. The average molecular weight is 238 g/mol. The summed E-state index contributed by atoms with van der Waals surface area (Å²) in [6.45, 7) is 3.89.